The first-order valence-electron chi connectivity index (χ1n) is 11.4. The molecule has 0 atom stereocenters. The molecule has 0 unspecified atom stereocenters. The number of hydrogen-bond donors (Lipinski definition) is 1. The van der Waals surface area contributed by atoms with Crippen molar-refractivity contribution in [2.45, 2.75) is 65.2 Å². The van der Waals surface area contributed by atoms with Gasteiger partial charge in [-0.2, -0.15) is 0 Å². The lowest BCUT2D eigenvalue weighted by Gasteiger charge is -2.15. The van der Waals surface area contributed by atoms with E-state index in [1.165, 1.54) is 48.8 Å². The minimum absolute atomic E-state index is 0.333. The monoisotopic (exact) mass is 415 g/mol. The molecule has 0 bridgehead atoms. The quantitative estimate of drug-likeness (QED) is 0.341. The van der Waals surface area contributed by atoms with Crippen LogP contribution in [0, 0.1) is 6.92 Å². The molecule has 0 fully saturated rings. The van der Waals surface area contributed by atoms with Gasteiger partial charge in [-0.05, 0) is 84.7 Å². The average molecular weight is 416 g/mol. The van der Waals surface area contributed by atoms with E-state index >= 15 is 0 Å². The fourth-order valence-corrected chi connectivity index (χ4v) is 4.11. The van der Waals surface area contributed by atoms with Crippen molar-refractivity contribution in [1.29, 1.82) is 0 Å². The van der Waals surface area contributed by atoms with Gasteiger partial charge < -0.3 is 5.11 Å². The van der Waals surface area contributed by atoms with Gasteiger partial charge in [-0.25, -0.2) is 4.79 Å². The second-order valence-corrected chi connectivity index (χ2v) is 8.31. The smallest absolute Gasteiger partial charge is 0.335 e. The van der Waals surface area contributed by atoms with Crippen LogP contribution in [0.5, 0.6) is 0 Å². The lowest BCUT2D eigenvalue weighted by Crippen LogP contribution is -2.01. The van der Waals surface area contributed by atoms with Gasteiger partial charge in [0, 0.05) is 11.9 Å². The minimum Gasteiger partial charge on any atom is -0.478 e. The standard InChI is InChI=1S/C28H33NO2/c1-3-4-5-6-7-10-22-12-16-27(26-17-14-24(28(30)31)19-21(26)2)23(20-22)13-15-25-11-8-9-18-29-25/h8-9,11-12,14,16-20H,3-7,10,13,15H2,1-2H3,(H,30,31). The molecule has 1 aromatic heterocycles. The lowest BCUT2D eigenvalue weighted by atomic mass is 9.90. The van der Waals surface area contributed by atoms with Gasteiger partial charge >= 0.3 is 5.97 Å². The first-order chi connectivity index (χ1) is 15.1. The van der Waals surface area contributed by atoms with Gasteiger partial charge in [0.2, 0.25) is 0 Å². The molecule has 0 amide bonds. The first-order valence-corrected chi connectivity index (χ1v) is 11.4. The molecule has 31 heavy (non-hydrogen) atoms. The second-order valence-electron chi connectivity index (χ2n) is 8.31. The van der Waals surface area contributed by atoms with Crippen LogP contribution in [0.15, 0.2) is 60.8 Å². The van der Waals surface area contributed by atoms with Crippen molar-refractivity contribution < 1.29 is 9.90 Å². The molecule has 162 valence electrons. The van der Waals surface area contributed by atoms with Gasteiger partial charge in [0.15, 0.2) is 0 Å². The Morgan fingerprint density at radius 3 is 2.39 bits per heavy atom. The summed E-state index contributed by atoms with van der Waals surface area (Å²) in [5, 5.41) is 9.30. The summed E-state index contributed by atoms with van der Waals surface area (Å²) < 4.78 is 0. The van der Waals surface area contributed by atoms with E-state index in [1.54, 1.807) is 12.1 Å². The van der Waals surface area contributed by atoms with Crippen molar-refractivity contribution in [3.63, 3.8) is 0 Å². The normalized spacial score (nSPS) is 10.9. The summed E-state index contributed by atoms with van der Waals surface area (Å²) in [7, 11) is 0. The zero-order chi connectivity index (χ0) is 22.1. The third-order valence-corrected chi connectivity index (χ3v) is 5.88. The van der Waals surface area contributed by atoms with E-state index in [-0.39, 0.29) is 0 Å². The number of benzene rings is 2. The van der Waals surface area contributed by atoms with Crippen LogP contribution >= 0.6 is 0 Å². The summed E-state index contributed by atoms with van der Waals surface area (Å²) >= 11 is 0. The summed E-state index contributed by atoms with van der Waals surface area (Å²) in [6.45, 7) is 4.24. The highest BCUT2D eigenvalue weighted by molar-refractivity contribution is 5.89. The largest absolute Gasteiger partial charge is 0.478 e. The van der Waals surface area contributed by atoms with Crippen LogP contribution in [-0.4, -0.2) is 16.1 Å². The topological polar surface area (TPSA) is 50.2 Å². The van der Waals surface area contributed by atoms with Gasteiger partial charge in [0.05, 0.1) is 5.56 Å². The molecular weight excluding hydrogens is 382 g/mol. The highest BCUT2D eigenvalue weighted by Gasteiger charge is 2.12. The molecule has 2 aromatic carbocycles. The Morgan fingerprint density at radius 1 is 0.871 bits per heavy atom. The zero-order valence-corrected chi connectivity index (χ0v) is 18.7. The Kier molecular flexibility index (Phi) is 8.40. The van der Waals surface area contributed by atoms with Crippen LogP contribution in [0.1, 0.15) is 71.8 Å². The first kappa shape index (κ1) is 22.7. The summed E-state index contributed by atoms with van der Waals surface area (Å²) in [5.41, 5.74) is 7.41. The molecule has 0 spiro atoms. The number of aromatic nitrogens is 1. The zero-order valence-electron chi connectivity index (χ0n) is 18.7. The van der Waals surface area contributed by atoms with Gasteiger partial charge in [-0.3, -0.25) is 4.98 Å². The summed E-state index contributed by atoms with van der Waals surface area (Å²) in [6, 6.07) is 18.3. The molecular formula is C28H33NO2. The van der Waals surface area contributed by atoms with E-state index in [9.17, 15) is 9.90 Å². The third-order valence-electron chi connectivity index (χ3n) is 5.88. The van der Waals surface area contributed by atoms with Crippen LogP contribution in [0.4, 0.5) is 0 Å². The maximum atomic E-state index is 11.3. The van der Waals surface area contributed by atoms with Crippen molar-refractivity contribution in [3.05, 3.63) is 88.7 Å². The number of unbranched alkanes of at least 4 members (excludes halogenated alkanes) is 4. The number of nitrogens with zero attached hydrogens (tertiary/aromatic N) is 1. The van der Waals surface area contributed by atoms with Crippen LogP contribution in [0.2, 0.25) is 0 Å². The molecule has 3 heteroatoms. The van der Waals surface area contributed by atoms with Crippen LogP contribution in [-0.2, 0) is 19.3 Å². The Balaban J connectivity index is 1.85. The van der Waals surface area contributed by atoms with E-state index in [0.29, 0.717) is 5.56 Å². The Bertz CT molecular complexity index is 995. The molecule has 1 N–H and O–H groups in total. The predicted octanol–water partition coefficient (Wildman–Crippen LogP) is 7.05. The molecule has 0 radical (unpaired) electrons. The number of carboxylic acids is 1. The SMILES string of the molecule is CCCCCCCc1ccc(-c2ccc(C(=O)O)cc2C)c(CCc2ccccn2)c1. The second kappa shape index (κ2) is 11.5. The minimum atomic E-state index is -0.886. The fraction of sp³-hybridized carbons (Fsp3) is 0.357. The molecule has 3 nitrogen and oxygen atoms in total. The van der Waals surface area contributed by atoms with Crippen LogP contribution in [0.3, 0.4) is 0 Å². The Hall–Kier alpha value is -2.94. The van der Waals surface area contributed by atoms with E-state index in [0.717, 1.165) is 36.1 Å². The maximum Gasteiger partial charge on any atom is 0.335 e. The molecule has 0 aliphatic rings. The third kappa shape index (κ3) is 6.52. The number of hydrogen-bond acceptors (Lipinski definition) is 2. The van der Waals surface area contributed by atoms with Crippen molar-refractivity contribution in [1.82, 2.24) is 4.98 Å². The summed E-state index contributed by atoms with van der Waals surface area (Å²) in [5.74, 6) is -0.886. The Morgan fingerprint density at radius 2 is 1.68 bits per heavy atom. The number of carbonyl (C=O) groups is 1. The highest BCUT2D eigenvalue weighted by Crippen LogP contribution is 2.30. The molecule has 0 saturated heterocycles. The van der Waals surface area contributed by atoms with E-state index in [2.05, 4.69) is 36.2 Å². The fourth-order valence-electron chi connectivity index (χ4n) is 4.11. The van der Waals surface area contributed by atoms with Gasteiger partial charge in [-0.1, -0.05) is 62.9 Å². The Labute approximate surface area is 186 Å². The molecule has 0 saturated carbocycles. The number of aromatic carboxylic acids is 1. The van der Waals surface area contributed by atoms with Crippen molar-refractivity contribution in [2.24, 2.45) is 0 Å². The van der Waals surface area contributed by atoms with Gasteiger partial charge in [0.25, 0.3) is 0 Å². The molecule has 0 aliphatic carbocycles. The van der Waals surface area contributed by atoms with Crippen LogP contribution < -0.4 is 0 Å². The predicted molar refractivity (Wildman–Crippen MR) is 128 cm³/mol. The highest BCUT2D eigenvalue weighted by atomic mass is 16.4. The molecule has 1 heterocycles. The number of carboxylic acid groups (broad SMARTS) is 1. The summed E-state index contributed by atoms with van der Waals surface area (Å²) in [4.78, 5) is 15.8. The number of rotatable bonds is 11. The maximum absolute atomic E-state index is 11.3. The van der Waals surface area contributed by atoms with E-state index in [1.807, 2.05) is 31.3 Å². The van der Waals surface area contributed by atoms with Crippen molar-refractivity contribution in [2.75, 3.05) is 0 Å². The summed E-state index contributed by atoms with van der Waals surface area (Å²) in [6.07, 6.45) is 11.2. The molecule has 3 aromatic rings. The van der Waals surface area contributed by atoms with Crippen LogP contribution in [0.25, 0.3) is 11.1 Å². The molecule has 3 rings (SSSR count). The average Bonchev–Trinajstić information content (AvgIpc) is 2.78. The van der Waals surface area contributed by atoms with E-state index in [4.69, 9.17) is 0 Å². The number of pyridine rings is 1. The van der Waals surface area contributed by atoms with Gasteiger partial charge in [0.1, 0.15) is 0 Å². The lowest BCUT2D eigenvalue weighted by molar-refractivity contribution is 0.0697. The number of aryl methyl sites for hydroxylation is 4. The van der Waals surface area contributed by atoms with Gasteiger partial charge in [-0.15, -0.1) is 0 Å². The van der Waals surface area contributed by atoms with E-state index < -0.39 is 5.97 Å². The molecule has 0 aliphatic heterocycles. The van der Waals surface area contributed by atoms with Crippen molar-refractivity contribution in [3.8, 4) is 11.1 Å². The van der Waals surface area contributed by atoms with Crippen molar-refractivity contribution >= 4 is 5.97 Å².